The van der Waals surface area contributed by atoms with Gasteiger partial charge in [-0.3, -0.25) is 9.59 Å². The number of oxazole rings is 1. The molecular weight excluding hydrogens is 320 g/mol. The normalized spacial score (nSPS) is 11.8. The number of hydrogen-bond acceptors (Lipinski definition) is 5. The van der Waals surface area contributed by atoms with Crippen LogP contribution in [0.3, 0.4) is 0 Å². The summed E-state index contributed by atoms with van der Waals surface area (Å²) in [4.78, 5) is 27.7. The second-order valence-corrected chi connectivity index (χ2v) is 5.91. The first-order valence-electron chi connectivity index (χ1n) is 8.48. The SMILES string of the molecule is CCCNC(=O)C(C)OC(=O)CCc1ncc(-c2ccc(C)cc2)o1. The number of benzene rings is 1. The highest BCUT2D eigenvalue weighted by atomic mass is 16.5. The molecule has 0 aliphatic heterocycles. The van der Waals surface area contributed by atoms with Crippen molar-refractivity contribution in [1.82, 2.24) is 10.3 Å². The molecule has 0 radical (unpaired) electrons. The molecule has 0 fully saturated rings. The van der Waals surface area contributed by atoms with Gasteiger partial charge in [0.15, 0.2) is 17.8 Å². The molecule has 0 aliphatic rings. The van der Waals surface area contributed by atoms with Crippen molar-refractivity contribution in [3.63, 3.8) is 0 Å². The number of esters is 1. The summed E-state index contributed by atoms with van der Waals surface area (Å²) in [6.45, 7) is 6.10. The maximum absolute atomic E-state index is 11.8. The Labute approximate surface area is 147 Å². The van der Waals surface area contributed by atoms with Crippen LogP contribution in [0.25, 0.3) is 11.3 Å². The van der Waals surface area contributed by atoms with Gasteiger partial charge in [0.05, 0.1) is 12.6 Å². The summed E-state index contributed by atoms with van der Waals surface area (Å²) in [5.41, 5.74) is 2.11. The Hall–Kier alpha value is -2.63. The molecule has 134 valence electrons. The van der Waals surface area contributed by atoms with Gasteiger partial charge in [0, 0.05) is 18.5 Å². The van der Waals surface area contributed by atoms with Gasteiger partial charge in [-0.25, -0.2) is 4.98 Å². The number of ether oxygens (including phenoxy) is 1. The van der Waals surface area contributed by atoms with Crippen LogP contribution in [-0.4, -0.2) is 29.5 Å². The topological polar surface area (TPSA) is 81.4 Å². The molecule has 0 bridgehead atoms. The van der Waals surface area contributed by atoms with Gasteiger partial charge in [0.1, 0.15) is 0 Å². The van der Waals surface area contributed by atoms with Crippen molar-refractivity contribution < 1.29 is 18.7 Å². The molecule has 1 atom stereocenters. The third-order valence-electron chi connectivity index (χ3n) is 3.66. The van der Waals surface area contributed by atoms with Gasteiger partial charge in [0.25, 0.3) is 5.91 Å². The van der Waals surface area contributed by atoms with Crippen molar-refractivity contribution >= 4 is 11.9 Å². The molecule has 0 saturated heterocycles. The molecule has 0 spiro atoms. The van der Waals surface area contributed by atoms with E-state index < -0.39 is 12.1 Å². The number of nitrogens with zero attached hydrogens (tertiary/aromatic N) is 1. The number of amides is 1. The minimum Gasteiger partial charge on any atom is -0.453 e. The van der Waals surface area contributed by atoms with Crippen molar-refractivity contribution in [2.45, 2.75) is 46.1 Å². The molecule has 6 heteroatoms. The van der Waals surface area contributed by atoms with Gasteiger partial charge in [-0.1, -0.05) is 36.8 Å². The van der Waals surface area contributed by atoms with Gasteiger partial charge < -0.3 is 14.5 Å². The summed E-state index contributed by atoms with van der Waals surface area (Å²) >= 11 is 0. The van der Waals surface area contributed by atoms with Crippen LogP contribution in [0.5, 0.6) is 0 Å². The third-order valence-corrected chi connectivity index (χ3v) is 3.66. The molecular formula is C19H24N2O4. The average Bonchev–Trinajstić information content (AvgIpc) is 3.07. The summed E-state index contributed by atoms with van der Waals surface area (Å²) in [5.74, 6) is 0.397. The number of nitrogens with one attached hydrogen (secondary N) is 1. The van der Waals surface area contributed by atoms with Crippen LogP contribution < -0.4 is 5.32 Å². The van der Waals surface area contributed by atoms with Crippen molar-refractivity contribution in [3.05, 3.63) is 41.9 Å². The van der Waals surface area contributed by atoms with E-state index in [4.69, 9.17) is 9.15 Å². The number of rotatable bonds is 8. The molecule has 1 unspecified atom stereocenters. The maximum Gasteiger partial charge on any atom is 0.307 e. The molecule has 1 heterocycles. The van der Waals surface area contributed by atoms with Gasteiger partial charge >= 0.3 is 5.97 Å². The monoisotopic (exact) mass is 344 g/mol. The molecule has 1 aromatic heterocycles. The number of carbonyl (C=O) groups is 2. The maximum atomic E-state index is 11.8. The van der Waals surface area contributed by atoms with Crippen molar-refractivity contribution in [2.24, 2.45) is 0 Å². The van der Waals surface area contributed by atoms with Crippen LogP contribution >= 0.6 is 0 Å². The second-order valence-electron chi connectivity index (χ2n) is 5.91. The lowest BCUT2D eigenvalue weighted by Gasteiger charge is -2.12. The first-order chi connectivity index (χ1) is 12.0. The van der Waals surface area contributed by atoms with Crippen molar-refractivity contribution in [3.8, 4) is 11.3 Å². The lowest BCUT2D eigenvalue weighted by molar-refractivity contribution is -0.154. The first kappa shape index (κ1) is 18.7. The molecule has 6 nitrogen and oxygen atoms in total. The Morgan fingerprint density at radius 2 is 2.00 bits per heavy atom. The summed E-state index contributed by atoms with van der Waals surface area (Å²) in [6.07, 6.45) is 2.12. The predicted octanol–water partition coefficient (Wildman–Crippen LogP) is 3.04. The molecule has 1 aromatic carbocycles. The summed E-state index contributed by atoms with van der Waals surface area (Å²) in [7, 11) is 0. The van der Waals surface area contributed by atoms with E-state index in [1.165, 1.54) is 5.56 Å². The Morgan fingerprint density at radius 1 is 1.28 bits per heavy atom. The van der Waals surface area contributed by atoms with E-state index in [0.717, 1.165) is 12.0 Å². The highest BCUT2D eigenvalue weighted by Gasteiger charge is 2.17. The van der Waals surface area contributed by atoms with Crippen LogP contribution in [0.4, 0.5) is 0 Å². The van der Waals surface area contributed by atoms with Gasteiger partial charge in [0.2, 0.25) is 0 Å². The average molecular weight is 344 g/mol. The standard InChI is InChI=1S/C19H24N2O4/c1-4-11-20-19(23)14(3)24-18(22)10-9-17-21-12-16(25-17)15-7-5-13(2)6-8-15/h5-8,12,14H,4,9-11H2,1-3H3,(H,20,23). The zero-order valence-electron chi connectivity index (χ0n) is 14.9. The van der Waals surface area contributed by atoms with E-state index in [1.54, 1.807) is 13.1 Å². The zero-order chi connectivity index (χ0) is 18.2. The van der Waals surface area contributed by atoms with Gasteiger partial charge in [-0.15, -0.1) is 0 Å². The third kappa shape index (κ3) is 5.74. The fourth-order valence-corrected chi connectivity index (χ4v) is 2.19. The second kappa shape index (κ2) is 9.01. The lowest BCUT2D eigenvalue weighted by atomic mass is 10.1. The molecule has 1 N–H and O–H groups in total. The highest BCUT2D eigenvalue weighted by Crippen LogP contribution is 2.21. The van der Waals surface area contributed by atoms with Crippen LogP contribution in [0.15, 0.2) is 34.9 Å². The minimum atomic E-state index is -0.799. The lowest BCUT2D eigenvalue weighted by Crippen LogP contribution is -2.36. The van der Waals surface area contributed by atoms with Crippen LogP contribution in [0, 0.1) is 6.92 Å². The quantitative estimate of drug-likeness (QED) is 0.744. The molecule has 25 heavy (non-hydrogen) atoms. The first-order valence-corrected chi connectivity index (χ1v) is 8.48. The molecule has 0 aliphatic carbocycles. The van der Waals surface area contributed by atoms with E-state index in [1.807, 2.05) is 38.1 Å². The Balaban J connectivity index is 1.82. The molecule has 2 aromatic rings. The summed E-state index contributed by atoms with van der Waals surface area (Å²) in [6, 6.07) is 7.93. The van der Waals surface area contributed by atoms with Crippen LogP contribution in [0.2, 0.25) is 0 Å². The molecule has 1 amide bonds. The fourth-order valence-electron chi connectivity index (χ4n) is 2.19. The van der Waals surface area contributed by atoms with E-state index in [9.17, 15) is 9.59 Å². The number of carbonyl (C=O) groups excluding carboxylic acids is 2. The largest absolute Gasteiger partial charge is 0.453 e. The fraction of sp³-hybridized carbons (Fsp3) is 0.421. The molecule has 2 rings (SSSR count). The summed E-state index contributed by atoms with van der Waals surface area (Å²) < 4.78 is 10.8. The van der Waals surface area contributed by atoms with Gasteiger partial charge in [-0.05, 0) is 20.3 Å². The smallest absolute Gasteiger partial charge is 0.307 e. The Bertz CT molecular complexity index is 706. The zero-order valence-corrected chi connectivity index (χ0v) is 14.9. The minimum absolute atomic E-state index is 0.110. The Kier molecular flexibility index (Phi) is 6.74. The highest BCUT2D eigenvalue weighted by molar-refractivity contribution is 5.83. The number of hydrogen-bond donors (Lipinski definition) is 1. The van der Waals surface area contributed by atoms with E-state index in [0.29, 0.717) is 24.6 Å². The number of aryl methyl sites for hydroxylation is 2. The Morgan fingerprint density at radius 3 is 2.68 bits per heavy atom. The van der Waals surface area contributed by atoms with E-state index in [2.05, 4.69) is 10.3 Å². The molecule has 0 saturated carbocycles. The van der Waals surface area contributed by atoms with Crippen LogP contribution in [0.1, 0.15) is 38.1 Å². The summed E-state index contributed by atoms with van der Waals surface area (Å²) in [5, 5.41) is 2.69. The van der Waals surface area contributed by atoms with E-state index >= 15 is 0 Å². The van der Waals surface area contributed by atoms with Crippen molar-refractivity contribution in [2.75, 3.05) is 6.54 Å². The van der Waals surface area contributed by atoms with Crippen LogP contribution in [-0.2, 0) is 20.7 Å². The van der Waals surface area contributed by atoms with Gasteiger partial charge in [-0.2, -0.15) is 0 Å². The number of aromatic nitrogens is 1. The van der Waals surface area contributed by atoms with E-state index in [-0.39, 0.29) is 12.3 Å². The predicted molar refractivity (Wildman–Crippen MR) is 93.9 cm³/mol. The van der Waals surface area contributed by atoms with Crippen molar-refractivity contribution in [1.29, 1.82) is 0 Å².